The fraction of sp³-hybridized carbons (Fsp3) is 0.400. The molecule has 0 radical (unpaired) electrons. The minimum Gasteiger partial charge on any atom is -0.354 e. The summed E-state index contributed by atoms with van der Waals surface area (Å²) in [6, 6.07) is 3.51. The summed E-state index contributed by atoms with van der Waals surface area (Å²) in [5.74, 6) is 0.421. The fourth-order valence-corrected chi connectivity index (χ4v) is 1.45. The molecule has 0 bridgehead atoms. The molecule has 0 unspecified atom stereocenters. The number of hydrogen-bond acceptors (Lipinski definition) is 4. The zero-order valence-corrected chi connectivity index (χ0v) is 10.4. The van der Waals surface area contributed by atoms with E-state index >= 15 is 0 Å². The van der Waals surface area contributed by atoms with E-state index in [9.17, 15) is 10.1 Å². The minimum absolute atomic E-state index is 0.284. The highest BCUT2D eigenvalue weighted by Gasteiger charge is 2.12. The Hall–Kier alpha value is -1.69. The van der Waals surface area contributed by atoms with Crippen LogP contribution in [0.4, 0.5) is 0 Å². The number of nitrogens with zero attached hydrogens (tertiary/aromatic N) is 4. The number of aromatic nitrogens is 1. The van der Waals surface area contributed by atoms with Crippen molar-refractivity contribution in [3.05, 3.63) is 39.2 Å². The van der Waals surface area contributed by atoms with Gasteiger partial charge in [0.1, 0.15) is 5.15 Å². The van der Waals surface area contributed by atoms with Crippen molar-refractivity contribution in [2.45, 2.75) is 6.54 Å². The zero-order chi connectivity index (χ0) is 12.8. The van der Waals surface area contributed by atoms with Crippen molar-refractivity contribution in [3.63, 3.8) is 0 Å². The highest BCUT2D eigenvalue weighted by atomic mass is 35.5. The quantitative estimate of drug-likeness (QED) is 0.269. The summed E-state index contributed by atoms with van der Waals surface area (Å²) in [5.41, 5.74) is 0.918. The average molecular weight is 257 g/mol. The molecule has 0 saturated heterocycles. The number of nitro groups is 1. The van der Waals surface area contributed by atoms with Crippen LogP contribution in [0.3, 0.4) is 0 Å². The summed E-state index contributed by atoms with van der Waals surface area (Å²) >= 11 is 5.67. The van der Waals surface area contributed by atoms with Crippen molar-refractivity contribution in [2.24, 2.45) is 4.99 Å². The van der Waals surface area contributed by atoms with Crippen molar-refractivity contribution in [2.75, 3.05) is 20.6 Å². The van der Waals surface area contributed by atoms with Crippen molar-refractivity contribution >= 4 is 17.4 Å². The Labute approximate surface area is 104 Å². The molecule has 0 aliphatic heterocycles. The summed E-state index contributed by atoms with van der Waals surface area (Å²) in [4.78, 5) is 19.6. The first-order valence-corrected chi connectivity index (χ1v) is 5.29. The third-order valence-electron chi connectivity index (χ3n) is 2.18. The maximum absolute atomic E-state index is 10.4. The van der Waals surface area contributed by atoms with Crippen LogP contribution in [-0.2, 0) is 6.54 Å². The molecule has 0 saturated carbocycles. The summed E-state index contributed by atoms with van der Waals surface area (Å²) in [5, 5.41) is 10.9. The Balaban J connectivity index is 2.67. The van der Waals surface area contributed by atoms with Gasteiger partial charge in [0.05, 0.1) is 0 Å². The van der Waals surface area contributed by atoms with Gasteiger partial charge < -0.3 is 4.90 Å². The smallest absolute Gasteiger partial charge is 0.260 e. The maximum atomic E-state index is 10.4. The monoisotopic (exact) mass is 256 g/mol. The lowest BCUT2D eigenvalue weighted by molar-refractivity contribution is -0.464. The molecule has 1 aromatic heterocycles. The molecule has 92 valence electrons. The molecule has 0 aliphatic carbocycles. The van der Waals surface area contributed by atoms with Crippen LogP contribution >= 0.6 is 11.6 Å². The molecule has 0 amide bonds. The SMILES string of the molecule is CN=C(C[N+](=O)[O-])N(C)Cc1ccc(Cl)nc1. The molecule has 0 atom stereocenters. The summed E-state index contributed by atoms with van der Waals surface area (Å²) < 4.78 is 0. The second-order valence-corrected chi connectivity index (χ2v) is 3.86. The largest absolute Gasteiger partial charge is 0.354 e. The highest BCUT2D eigenvalue weighted by Crippen LogP contribution is 2.07. The predicted octanol–water partition coefficient (Wildman–Crippen LogP) is 1.47. The fourth-order valence-electron chi connectivity index (χ4n) is 1.34. The number of halogens is 1. The Morgan fingerprint density at radius 3 is 2.82 bits per heavy atom. The molecular formula is C10H13ClN4O2. The molecule has 7 heteroatoms. The van der Waals surface area contributed by atoms with Crippen molar-refractivity contribution in [1.82, 2.24) is 9.88 Å². The molecule has 0 aliphatic rings. The molecular weight excluding hydrogens is 244 g/mol. The lowest BCUT2D eigenvalue weighted by atomic mass is 10.2. The number of hydrogen-bond donors (Lipinski definition) is 0. The molecule has 0 aromatic carbocycles. The molecule has 1 aromatic rings. The van der Waals surface area contributed by atoms with E-state index in [2.05, 4.69) is 9.98 Å². The Morgan fingerprint density at radius 1 is 1.65 bits per heavy atom. The minimum atomic E-state index is -0.404. The number of rotatable bonds is 4. The van der Waals surface area contributed by atoms with Crippen LogP contribution in [-0.4, -0.2) is 41.3 Å². The van der Waals surface area contributed by atoms with Crippen LogP contribution in [0.15, 0.2) is 23.3 Å². The van der Waals surface area contributed by atoms with Gasteiger partial charge in [0.2, 0.25) is 0 Å². The van der Waals surface area contributed by atoms with Crippen molar-refractivity contribution in [3.8, 4) is 0 Å². The predicted molar refractivity (Wildman–Crippen MR) is 65.9 cm³/mol. The first-order valence-electron chi connectivity index (χ1n) is 4.92. The van der Waals surface area contributed by atoms with E-state index in [0.717, 1.165) is 5.56 Å². The van der Waals surface area contributed by atoms with Gasteiger partial charge in [0, 0.05) is 31.8 Å². The topological polar surface area (TPSA) is 71.6 Å². The van der Waals surface area contributed by atoms with E-state index in [1.807, 2.05) is 6.07 Å². The lowest BCUT2D eigenvalue weighted by Gasteiger charge is -2.18. The van der Waals surface area contributed by atoms with Crippen LogP contribution < -0.4 is 0 Å². The van der Waals surface area contributed by atoms with Gasteiger partial charge in [0.25, 0.3) is 6.54 Å². The van der Waals surface area contributed by atoms with Gasteiger partial charge in [-0.2, -0.15) is 0 Å². The molecule has 0 fully saturated rings. The van der Waals surface area contributed by atoms with E-state index in [0.29, 0.717) is 17.5 Å². The number of pyridine rings is 1. The Kier molecular flexibility index (Phi) is 4.84. The van der Waals surface area contributed by atoms with Crippen molar-refractivity contribution in [1.29, 1.82) is 0 Å². The summed E-state index contributed by atoms with van der Waals surface area (Å²) in [6.07, 6.45) is 1.64. The van der Waals surface area contributed by atoms with E-state index < -0.39 is 4.92 Å². The van der Waals surface area contributed by atoms with Crippen molar-refractivity contribution < 1.29 is 4.92 Å². The summed E-state index contributed by atoms with van der Waals surface area (Å²) in [6.45, 7) is 0.221. The first kappa shape index (κ1) is 13.4. The van der Waals surface area contributed by atoms with Crippen LogP contribution in [0.2, 0.25) is 5.15 Å². The Morgan fingerprint density at radius 2 is 2.35 bits per heavy atom. The molecule has 0 spiro atoms. The second-order valence-electron chi connectivity index (χ2n) is 3.48. The van der Waals surface area contributed by atoms with Gasteiger partial charge in [-0.15, -0.1) is 0 Å². The zero-order valence-electron chi connectivity index (χ0n) is 9.63. The molecule has 6 nitrogen and oxygen atoms in total. The van der Waals surface area contributed by atoms with Crippen LogP contribution in [0, 0.1) is 10.1 Å². The lowest BCUT2D eigenvalue weighted by Crippen LogP contribution is -2.32. The second kappa shape index (κ2) is 6.15. The van der Waals surface area contributed by atoms with Gasteiger partial charge in [-0.05, 0) is 11.6 Å². The maximum Gasteiger partial charge on any atom is 0.260 e. The molecule has 0 N–H and O–H groups in total. The van der Waals surface area contributed by atoms with E-state index in [-0.39, 0.29) is 6.54 Å². The molecule has 1 heterocycles. The third kappa shape index (κ3) is 4.36. The van der Waals surface area contributed by atoms with Gasteiger partial charge in [0.15, 0.2) is 5.84 Å². The van der Waals surface area contributed by atoms with Gasteiger partial charge in [-0.3, -0.25) is 15.1 Å². The average Bonchev–Trinajstić information content (AvgIpc) is 2.28. The number of amidine groups is 1. The number of aliphatic imine (C=N–C) groups is 1. The van der Waals surface area contributed by atoms with Gasteiger partial charge >= 0.3 is 0 Å². The normalized spacial score (nSPS) is 11.4. The van der Waals surface area contributed by atoms with E-state index in [4.69, 9.17) is 11.6 Å². The van der Waals surface area contributed by atoms with E-state index in [1.54, 1.807) is 24.2 Å². The van der Waals surface area contributed by atoms with Crippen LogP contribution in [0.5, 0.6) is 0 Å². The van der Waals surface area contributed by atoms with E-state index in [1.165, 1.54) is 7.05 Å². The third-order valence-corrected chi connectivity index (χ3v) is 2.40. The molecule has 17 heavy (non-hydrogen) atoms. The first-order chi connectivity index (χ1) is 8.02. The van der Waals surface area contributed by atoms with Crippen LogP contribution in [0.1, 0.15) is 5.56 Å². The standard InChI is InChI=1S/C10H13ClN4O2/c1-12-10(7-15(16)17)14(2)6-8-3-4-9(11)13-5-8/h3-5H,6-7H2,1-2H3. The molecule has 1 rings (SSSR count). The highest BCUT2D eigenvalue weighted by molar-refractivity contribution is 6.29. The summed E-state index contributed by atoms with van der Waals surface area (Å²) in [7, 11) is 3.29. The van der Waals surface area contributed by atoms with Gasteiger partial charge in [-0.25, -0.2) is 4.98 Å². The van der Waals surface area contributed by atoms with Crippen LogP contribution in [0.25, 0.3) is 0 Å². The Bertz CT molecular complexity index is 419. The van der Waals surface area contributed by atoms with Gasteiger partial charge in [-0.1, -0.05) is 17.7 Å². The number of likely N-dealkylation sites (N-methyl/N-ethyl adjacent to an activating group) is 1.